The summed E-state index contributed by atoms with van der Waals surface area (Å²) in [5.74, 6) is -1.61. The Hall–Kier alpha value is -1.85. The van der Waals surface area contributed by atoms with Crippen molar-refractivity contribution in [1.29, 1.82) is 0 Å². The van der Waals surface area contributed by atoms with Crippen LogP contribution in [0.25, 0.3) is 0 Å². The van der Waals surface area contributed by atoms with Gasteiger partial charge in [-0.15, -0.1) is 0 Å². The highest BCUT2D eigenvalue weighted by Gasteiger charge is 2.35. The smallest absolute Gasteiger partial charge is 0.417 e. The van der Waals surface area contributed by atoms with Gasteiger partial charge < -0.3 is 10.1 Å². The summed E-state index contributed by atoms with van der Waals surface area (Å²) in [5, 5.41) is 1.84. The van der Waals surface area contributed by atoms with E-state index in [0.29, 0.717) is 12.6 Å². The van der Waals surface area contributed by atoms with Gasteiger partial charge in [0.2, 0.25) is 10.0 Å². The molecule has 1 aromatic carbocycles. The maximum absolute atomic E-state index is 12.9. The lowest BCUT2D eigenvalue weighted by Gasteiger charge is -2.15. The van der Waals surface area contributed by atoms with Crippen molar-refractivity contribution < 1.29 is 35.9 Å². The second kappa shape index (κ2) is 10.1. The molecule has 7 nitrogen and oxygen atoms in total. The third-order valence-corrected chi connectivity index (χ3v) is 5.31. The van der Waals surface area contributed by atoms with Gasteiger partial charge in [0, 0.05) is 6.54 Å². The number of esters is 1. The Kier molecular flexibility index (Phi) is 8.71. The van der Waals surface area contributed by atoms with Crippen LogP contribution in [0.1, 0.15) is 32.3 Å². The molecule has 28 heavy (non-hydrogen) atoms. The number of ether oxygens (including phenoxy) is 1. The van der Waals surface area contributed by atoms with E-state index in [9.17, 15) is 31.2 Å². The molecular formula is C16H20ClF3N2O5S. The van der Waals surface area contributed by atoms with E-state index < -0.39 is 56.2 Å². The predicted octanol–water partition coefficient (Wildman–Crippen LogP) is 2.49. The summed E-state index contributed by atoms with van der Waals surface area (Å²) < 4.78 is 69.7. The largest absolute Gasteiger partial charge is 0.454 e. The summed E-state index contributed by atoms with van der Waals surface area (Å²) in [4.78, 5) is 22.6. The zero-order valence-corrected chi connectivity index (χ0v) is 16.7. The minimum atomic E-state index is -4.85. The number of carbonyl (C=O) groups is 2. The fourth-order valence-corrected chi connectivity index (χ4v) is 3.40. The first-order valence-electron chi connectivity index (χ1n) is 8.21. The number of hydrogen-bond acceptors (Lipinski definition) is 5. The van der Waals surface area contributed by atoms with Crippen LogP contribution >= 0.6 is 11.6 Å². The minimum absolute atomic E-state index is 0.365. The molecule has 0 heterocycles. The highest BCUT2D eigenvalue weighted by Crippen LogP contribution is 2.35. The van der Waals surface area contributed by atoms with Crippen LogP contribution in [0.3, 0.4) is 0 Å². The topological polar surface area (TPSA) is 102 Å². The second-order valence-corrected chi connectivity index (χ2v) is 7.91. The molecule has 1 atom stereocenters. The molecule has 158 valence electrons. The normalized spacial score (nSPS) is 13.1. The van der Waals surface area contributed by atoms with Crippen molar-refractivity contribution in [2.75, 3.05) is 13.2 Å². The van der Waals surface area contributed by atoms with Crippen LogP contribution in [0.15, 0.2) is 23.1 Å². The third-order valence-electron chi connectivity index (χ3n) is 3.44. The van der Waals surface area contributed by atoms with E-state index in [1.54, 1.807) is 0 Å². The summed E-state index contributed by atoms with van der Waals surface area (Å²) in [6.07, 6.45) is -3.24. The van der Waals surface area contributed by atoms with E-state index >= 15 is 0 Å². The van der Waals surface area contributed by atoms with Crippen molar-refractivity contribution in [3.8, 4) is 0 Å². The van der Waals surface area contributed by atoms with Gasteiger partial charge >= 0.3 is 12.1 Å². The van der Waals surface area contributed by atoms with Crippen molar-refractivity contribution >= 4 is 33.5 Å². The molecule has 0 aromatic heterocycles. The predicted molar refractivity (Wildman–Crippen MR) is 95.1 cm³/mol. The number of sulfonamides is 1. The molecule has 0 aliphatic carbocycles. The van der Waals surface area contributed by atoms with Crippen LogP contribution < -0.4 is 10.0 Å². The maximum Gasteiger partial charge on any atom is 0.417 e. The number of alkyl halides is 3. The van der Waals surface area contributed by atoms with Gasteiger partial charge in [-0.25, -0.2) is 8.42 Å². The lowest BCUT2D eigenvalue weighted by Crippen LogP contribution is -2.41. The van der Waals surface area contributed by atoms with Gasteiger partial charge in [0.15, 0.2) is 6.61 Å². The lowest BCUT2D eigenvalue weighted by molar-refractivity contribution is -0.149. The van der Waals surface area contributed by atoms with Crippen molar-refractivity contribution in [3.05, 3.63) is 28.8 Å². The van der Waals surface area contributed by atoms with E-state index in [0.717, 1.165) is 31.9 Å². The standard InChI is InChI=1S/C16H20ClF3N2O5S/c1-3-4-7-21-14(23)9-27-15(24)10(2)22-28(25,26)11-5-6-13(17)12(8-11)16(18,19)20/h5-6,8,10,22H,3-4,7,9H2,1-2H3,(H,21,23)/t10-/m1/s1. The lowest BCUT2D eigenvalue weighted by atomic mass is 10.2. The first kappa shape index (κ1) is 24.2. The SMILES string of the molecule is CCCCNC(=O)COC(=O)[C@@H](C)NS(=O)(=O)c1ccc(Cl)c(C(F)(F)F)c1. The fourth-order valence-electron chi connectivity index (χ4n) is 1.95. The van der Waals surface area contributed by atoms with Crippen molar-refractivity contribution in [2.24, 2.45) is 0 Å². The average molecular weight is 445 g/mol. The second-order valence-electron chi connectivity index (χ2n) is 5.79. The number of halogens is 4. The molecule has 1 rings (SSSR count). The molecule has 1 amide bonds. The molecule has 0 unspecified atom stereocenters. The van der Waals surface area contributed by atoms with Gasteiger partial charge in [-0.1, -0.05) is 24.9 Å². The molecule has 0 bridgehead atoms. The molecule has 0 radical (unpaired) electrons. The van der Waals surface area contributed by atoms with E-state index in [2.05, 4.69) is 5.32 Å². The van der Waals surface area contributed by atoms with Gasteiger partial charge in [-0.3, -0.25) is 9.59 Å². The van der Waals surface area contributed by atoms with E-state index in [4.69, 9.17) is 16.3 Å². The van der Waals surface area contributed by atoms with Crippen LogP contribution in [-0.4, -0.2) is 39.5 Å². The quantitative estimate of drug-likeness (QED) is 0.450. The zero-order chi connectivity index (χ0) is 21.5. The number of unbranched alkanes of at least 4 members (excludes halogenated alkanes) is 1. The van der Waals surface area contributed by atoms with Gasteiger partial charge in [0.05, 0.1) is 15.5 Å². The van der Waals surface area contributed by atoms with Crippen LogP contribution in [0.4, 0.5) is 13.2 Å². The van der Waals surface area contributed by atoms with Gasteiger partial charge in [-0.05, 0) is 31.5 Å². The highest BCUT2D eigenvalue weighted by atomic mass is 35.5. The average Bonchev–Trinajstić information content (AvgIpc) is 2.58. The summed E-state index contributed by atoms with van der Waals surface area (Å²) in [5.41, 5.74) is -1.32. The molecule has 0 saturated carbocycles. The van der Waals surface area contributed by atoms with Crippen molar-refractivity contribution in [2.45, 2.75) is 43.8 Å². The fraction of sp³-hybridized carbons (Fsp3) is 0.500. The molecule has 0 fully saturated rings. The van der Waals surface area contributed by atoms with Crippen molar-refractivity contribution in [1.82, 2.24) is 10.0 Å². The zero-order valence-electron chi connectivity index (χ0n) is 15.1. The van der Waals surface area contributed by atoms with Crippen LogP contribution in [0, 0.1) is 0 Å². The van der Waals surface area contributed by atoms with Gasteiger partial charge in [0.1, 0.15) is 6.04 Å². The highest BCUT2D eigenvalue weighted by molar-refractivity contribution is 7.89. The summed E-state index contributed by atoms with van der Waals surface area (Å²) >= 11 is 5.46. The molecule has 12 heteroatoms. The molecule has 0 aliphatic rings. The van der Waals surface area contributed by atoms with E-state index in [-0.39, 0.29) is 0 Å². The number of rotatable bonds is 9. The number of hydrogen-bond donors (Lipinski definition) is 2. The molecule has 0 aliphatic heterocycles. The van der Waals surface area contributed by atoms with Gasteiger partial charge in [-0.2, -0.15) is 17.9 Å². The molecule has 0 saturated heterocycles. The third kappa shape index (κ3) is 7.28. The summed E-state index contributed by atoms with van der Waals surface area (Å²) in [6, 6.07) is 0.601. The maximum atomic E-state index is 12.9. The molecular weight excluding hydrogens is 425 g/mol. The van der Waals surface area contributed by atoms with E-state index in [1.807, 2.05) is 11.6 Å². The Labute approximate surface area is 165 Å². The first-order valence-corrected chi connectivity index (χ1v) is 10.1. The minimum Gasteiger partial charge on any atom is -0.454 e. The molecule has 2 N–H and O–H groups in total. The summed E-state index contributed by atoms with van der Waals surface area (Å²) in [6.45, 7) is 2.87. The monoisotopic (exact) mass is 444 g/mol. The Morgan fingerprint density at radius 3 is 2.50 bits per heavy atom. The van der Waals surface area contributed by atoms with E-state index in [1.165, 1.54) is 0 Å². The number of carbonyl (C=O) groups excluding carboxylic acids is 2. The summed E-state index contributed by atoms with van der Waals surface area (Å²) in [7, 11) is -4.47. The van der Waals surface area contributed by atoms with Crippen LogP contribution in [-0.2, 0) is 30.5 Å². The molecule has 1 aromatic rings. The van der Waals surface area contributed by atoms with Crippen LogP contribution in [0.5, 0.6) is 0 Å². The Morgan fingerprint density at radius 1 is 1.29 bits per heavy atom. The Bertz CT molecular complexity index is 815. The first-order chi connectivity index (χ1) is 12.9. The number of benzene rings is 1. The number of nitrogens with one attached hydrogen (secondary N) is 2. The number of amides is 1. The van der Waals surface area contributed by atoms with Crippen molar-refractivity contribution in [3.63, 3.8) is 0 Å². The van der Waals surface area contributed by atoms with Crippen LogP contribution in [0.2, 0.25) is 5.02 Å². The Balaban J connectivity index is 2.76. The Morgan fingerprint density at radius 2 is 1.93 bits per heavy atom. The van der Waals surface area contributed by atoms with Gasteiger partial charge in [0.25, 0.3) is 5.91 Å². The molecule has 0 spiro atoms.